The summed E-state index contributed by atoms with van der Waals surface area (Å²) in [4.78, 5) is 0. The van der Waals surface area contributed by atoms with Crippen molar-refractivity contribution in [2.75, 3.05) is 6.26 Å². The van der Waals surface area contributed by atoms with E-state index in [2.05, 4.69) is 0 Å². The van der Waals surface area contributed by atoms with Crippen LogP contribution in [0.15, 0.2) is 0 Å². The standard InChI is InChI=1S/CH4O3S.ClH.Mg.2H/c1-5(2,3)4;;;;/h1H3,(H,2,3,4);1H;;;/q;;+2;2*-1. The van der Waals surface area contributed by atoms with E-state index >= 15 is 0 Å². The molecule has 0 aromatic heterocycles. The van der Waals surface area contributed by atoms with E-state index in [1.165, 1.54) is 0 Å². The van der Waals surface area contributed by atoms with E-state index in [1.807, 2.05) is 0 Å². The minimum atomic E-state index is -3.67. The van der Waals surface area contributed by atoms with Gasteiger partial charge in [0.15, 0.2) is 0 Å². The van der Waals surface area contributed by atoms with Crippen LogP contribution in [0.2, 0.25) is 0 Å². The van der Waals surface area contributed by atoms with Gasteiger partial charge in [0.25, 0.3) is 10.1 Å². The third kappa shape index (κ3) is 184. The zero-order valence-electron chi connectivity index (χ0n) is 5.79. The Morgan fingerprint density at radius 1 is 1.57 bits per heavy atom. The van der Waals surface area contributed by atoms with Crippen LogP contribution >= 0.6 is 12.4 Å². The molecule has 0 heterocycles. The minimum Gasteiger partial charge on any atom is -1.00 e. The van der Waals surface area contributed by atoms with Gasteiger partial charge in [-0.25, -0.2) is 0 Å². The van der Waals surface area contributed by atoms with Crippen molar-refractivity contribution >= 4 is 45.6 Å². The van der Waals surface area contributed by atoms with Crippen molar-refractivity contribution < 1.29 is 15.8 Å². The Morgan fingerprint density at radius 3 is 1.57 bits per heavy atom. The van der Waals surface area contributed by atoms with Gasteiger partial charge in [0.2, 0.25) is 0 Å². The molecule has 0 fully saturated rings. The zero-order valence-corrected chi connectivity index (χ0v) is 6.83. The summed E-state index contributed by atoms with van der Waals surface area (Å²) >= 11 is 0. The van der Waals surface area contributed by atoms with Gasteiger partial charge >= 0.3 is 23.1 Å². The maximum absolute atomic E-state index is 9.19. The summed E-state index contributed by atoms with van der Waals surface area (Å²) in [5.41, 5.74) is 0. The predicted octanol–water partition coefficient (Wildman–Crippen LogP) is -0.230. The van der Waals surface area contributed by atoms with Crippen molar-refractivity contribution in [1.82, 2.24) is 0 Å². The molecule has 0 amide bonds. The van der Waals surface area contributed by atoms with E-state index in [0.29, 0.717) is 6.26 Å². The normalized spacial score (nSPS) is 8.29. The fraction of sp³-hybridized carbons (Fsp3) is 1.00. The topological polar surface area (TPSA) is 54.4 Å². The molecule has 0 saturated carbocycles. The summed E-state index contributed by atoms with van der Waals surface area (Å²) in [6.45, 7) is 0. The van der Waals surface area contributed by atoms with Crippen LogP contribution < -0.4 is 0 Å². The van der Waals surface area contributed by atoms with Gasteiger partial charge in [-0.05, 0) is 0 Å². The zero-order chi connectivity index (χ0) is 4.50. The summed E-state index contributed by atoms with van der Waals surface area (Å²) in [7, 11) is -3.67. The maximum Gasteiger partial charge on any atom is 2.00 e. The summed E-state index contributed by atoms with van der Waals surface area (Å²) in [6.07, 6.45) is 0.715. The Hall–Kier alpha value is 0.966. The largest absolute Gasteiger partial charge is 2.00 e. The molecule has 0 atom stereocenters. The van der Waals surface area contributed by atoms with Gasteiger partial charge in [0, 0.05) is 0 Å². The minimum absolute atomic E-state index is 0. The maximum atomic E-state index is 9.19. The fourth-order valence-electron chi connectivity index (χ4n) is 0. The van der Waals surface area contributed by atoms with Crippen LogP contribution in [0.1, 0.15) is 2.85 Å². The van der Waals surface area contributed by atoms with E-state index in [-0.39, 0.29) is 38.3 Å². The first-order chi connectivity index (χ1) is 2.00. The molecule has 0 radical (unpaired) electrons. The van der Waals surface area contributed by atoms with Gasteiger partial charge in [0.1, 0.15) is 0 Å². The van der Waals surface area contributed by atoms with Gasteiger partial charge in [-0.3, -0.25) is 4.55 Å². The van der Waals surface area contributed by atoms with Gasteiger partial charge in [-0.2, -0.15) is 8.42 Å². The van der Waals surface area contributed by atoms with Crippen molar-refractivity contribution in [2.24, 2.45) is 0 Å². The van der Waals surface area contributed by atoms with Crippen molar-refractivity contribution in [3.05, 3.63) is 0 Å². The summed E-state index contributed by atoms with van der Waals surface area (Å²) in [5.74, 6) is 0. The molecule has 44 valence electrons. The first kappa shape index (κ1) is 15.7. The fourth-order valence-corrected chi connectivity index (χ4v) is 0. The SMILES string of the molecule is CS(=O)(=O)O.Cl.[H-].[H-].[Mg+2]. The third-order valence-electron chi connectivity index (χ3n) is 0. The Bertz CT molecular complexity index is 105. The second-order valence-corrected chi connectivity index (χ2v) is 2.20. The molecule has 0 saturated heterocycles. The Morgan fingerprint density at radius 2 is 1.57 bits per heavy atom. The molecule has 3 nitrogen and oxygen atoms in total. The molecule has 0 bridgehead atoms. The quantitative estimate of drug-likeness (QED) is 0.392. The third-order valence-corrected chi connectivity index (χ3v) is 0. The van der Waals surface area contributed by atoms with Crippen molar-refractivity contribution in [2.45, 2.75) is 0 Å². The molecule has 0 rings (SSSR count). The molecule has 7 heavy (non-hydrogen) atoms. The van der Waals surface area contributed by atoms with E-state index in [9.17, 15) is 8.42 Å². The predicted molar refractivity (Wildman–Crippen MR) is 32.7 cm³/mol. The smallest absolute Gasteiger partial charge is 1.00 e. The monoisotopic (exact) mass is 158 g/mol. The van der Waals surface area contributed by atoms with Crippen molar-refractivity contribution in [3.63, 3.8) is 0 Å². The molecule has 0 aliphatic heterocycles. The van der Waals surface area contributed by atoms with Gasteiger partial charge in [0.05, 0.1) is 6.26 Å². The second-order valence-electron chi connectivity index (χ2n) is 0.733. The Kier molecular flexibility index (Phi) is 11.4. The van der Waals surface area contributed by atoms with E-state index < -0.39 is 10.1 Å². The van der Waals surface area contributed by atoms with Gasteiger partial charge in [-0.15, -0.1) is 12.4 Å². The molecule has 6 heteroatoms. The molecule has 0 spiro atoms. The second kappa shape index (κ2) is 5.11. The summed E-state index contributed by atoms with van der Waals surface area (Å²) < 4.78 is 25.9. The molecule has 0 aromatic rings. The van der Waals surface area contributed by atoms with E-state index in [1.54, 1.807) is 0 Å². The van der Waals surface area contributed by atoms with Crippen LogP contribution in [0.5, 0.6) is 0 Å². The van der Waals surface area contributed by atoms with E-state index in [4.69, 9.17) is 4.55 Å². The van der Waals surface area contributed by atoms with Crippen molar-refractivity contribution in [3.8, 4) is 0 Å². The Balaban J connectivity index is -0.0000000133. The van der Waals surface area contributed by atoms with Crippen LogP contribution in [0, 0.1) is 0 Å². The average molecular weight is 159 g/mol. The first-order valence-corrected chi connectivity index (χ1v) is 2.77. The summed E-state index contributed by atoms with van der Waals surface area (Å²) in [6, 6.07) is 0. The molecule has 0 aliphatic carbocycles. The average Bonchev–Trinajstić information content (AvgIpc) is 0.722. The number of halogens is 1. The van der Waals surface area contributed by atoms with Gasteiger partial charge < -0.3 is 2.85 Å². The molecule has 0 aliphatic rings. The molecule has 0 aromatic carbocycles. The van der Waals surface area contributed by atoms with Crippen LogP contribution in [-0.4, -0.2) is 42.3 Å². The first-order valence-electron chi connectivity index (χ1n) is 0.924. The Labute approximate surface area is 67.8 Å². The number of rotatable bonds is 0. The van der Waals surface area contributed by atoms with Crippen LogP contribution in [0.25, 0.3) is 0 Å². The molecular weight excluding hydrogens is 152 g/mol. The van der Waals surface area contributed by atoms with Gasteiger partial charge in [-0.1, -0.05) is 0 Å². The van der Waals surface area contributed by atoms with Crippen molar-refractivity contribution in [1.29, 1.82) is 0 Å². The number of hydrogen-bond acceptors (Lipinski definition) is 2. The number of hydrogen-bond donors (Lipinski definition) is 1. The molecular formula is CH7ClMgO3S. The molecule has 0 unspecified atom stereocenters. The van der Waals surface area contributed by atoms with Crippen LogP contribution in [0.3, 0.4) is 0 Å². The van der Waals surface area contributed by atoms with Crippen LogP contribution in [-0.2, 0) is 10.1 Å². The van der Waals surface area contributed by atoms with Crippen LogP contribution in [0.4, 0.5) is 0 Å². The molecule has 1 N–H and O–H groups in total. The van der Waals surface area contributed by atoms with E-state index in [0.717, 1.165) is 0 Å². The summed E-state index contributed by atoms with van der Waals surface area (Å²) in [5, 5.41) is 0.